The van der Waals surface area contributed by atoms with Gasteiger partial charge >= 0.3 is 0 Å². The predicted octanol–water partition coefficient (Wildman–Crippen LogP) is 2.86. The summed E-state index contributed by atoms with van der Waals surface area (Å²) in [6.07, 6.45) is 11.4. The van der Waals surface area contributed by atoms with Crippen LogP contribution in [0.4, 0.5) is 10.1 Å². The second-order valence-corrected chi connectivity index (χ2v) is 6.72. The number of carbonyl (C=O) groups excluding carboxylic acids is 2. The van der Waals surface area contributed by atoms with Gasteiger partial charge in [0.05, 0.1) is 18.9 Å². The SMILES string of the molecule is C1=CCOCC1.C=C/C(=C\C=C\C(=O)N(C)C)C(=O)NC1=Nc2cc(F)ccc2C1.CO. The third-order valence-electron chi connectivity index (χ3n) is 4.17. The first-order valence-electron chi connectivity index (χ1n) is 9.97. The number of nitrogens with one attached hydrogen (secondary N) is 1. The van der Waals surface area contributed by atoms with Gasteiger partial charge in [-0.15, -0.1) is 0 Å². The first kappa shape index (κ1) is 26.7. The summed E-state index contributed by atoms with van der Waals surface area (Å²) in [5.41, 5.74) is 1.67. The zero-order chi connectivity index (χ0) is 23.9. The number of benzene rings is 1. The van der Waals surface area contributed by atoms with Gasteiger partial charge in [-0.1, -0.05) is 36.9 Å². The average Bonchev–Trinajstić information content (AvgIpc) is 3.20. The van der Waals surface area contributed by atoms with Crippen molar-refractivity contribution >= 4 is 23.3 Å². The van der Waals surface area contributed by atoms with Crippen molar-refractivity contribution in [1.82, 2.24) is 10.2 Å². The molecule has 0 saturated heterocycles. The molecule has 3 rings (SSSR count). The Hall–Kier alpha value is -3.36. The van der Waals surface area contributed by atoms with Crippen LogP contribution in [0.5, 0.6) is 0 Å². The molecule has 2 N–H and O–H groups in total. The number of hydrogen-bond donors (Lipinski definition) is 2. The molecular formula is C24H30FN3O4. The smallest absolute Gasteiger partial charge is 0.256 e. The minimum absolute atomic E-state index is 0.187. The molecule has 0 spiro atoms. The highest BCUT2D eigenvalue weighted by Gasteiger charge is 2.17. The maximum Gasteiger partial charge on any atom is 0.256 e. The van der Waals surface area contributed by atoms with Crippen LogP contribution in [0.3, 0.4) is 0 Å². The van der Waals surface area contributed by atoms with Crippen molar-refractivity contribution in [2.24, 2.45) is 4.99 Å². The number of fused-ring (bicyclic) bond motifs is 1. The number of aliphatic hydroxyl groups is 1. The molecule has 0 radical (unpaired) electrons. The predicted molar refractivity (Wildman–Crippen MR) is 124 cm³/mol. The van der Waals surface area contributed by atoms with E-state index in [9.17, 15) is 14.0 Å². The van der Waals surface area contributed by atoms with Crippen molar-refractivity contribution in [3.8, 4) is 0 Å². The Morgan fingerprint density at radius 1 is 1.28 bits per heavy atom. The third kappa shape index (κ3) is 9.20. The lowest BCUT2D eigenvalue weighted by atomic mass is 10.1. The van der Waals surface area contributed by atoms with Crippen molar-refractivity contribution in [3.63, 3.8) is 0 Å². The van der Waals surface area contributed by atoms with Gasteiger partial charge in [0, 0.05) is 39.3 Å². The van der Waals surface area contributed by atoms with Crippen LogP contribution >= 0.6 is 0 Å². The summed E-state index contributed by atoms with van der Waals surface area (Å²) >= 11 is 0. The molecule has 32 heavy (non-hydrogen) atoms. The summed E-state index contributed by atoms with van der Waals surface area (Å²) in [6, 6.07) is 4.34. The van der Waals surface area contributed by atoms with Crippen molar-refractivity contribution < 1.29 is 23.8 Å². The maximum atomic E-state index is 13.2. The second kappa shape index (κ2) is 14.6. The largest absolute Gasteiger partial charge is 0.400 e. The average molecular weight is 444 g/mol. The molecule has 8 heteroatoms. The molecule has 0 aromatic heterocycles. The number of aliphatic imine (C=N–C) groups is 1. The Morgan fingerprint density at radius 3 is 2.56 bits per heavy atom. The minimum atomic E-state index is -0.390. The Labute approximate surface area is 188 Å². The van der Waals surface area contributed by atoms with E-state index in [-0.39, 0.29) is 17.6 Å². The Balaban J connectivity index is 0.000000542. The molecule has 0 fully saturated rings. The molecule has 2 heterocycles. The van der Waals surface area contributed by atoms with Gasteiger partial charge in [-0.05, 0) is 30.2 Å². The lowest BCUT2D eigenvalue weighted by Crippen LogP contribution is -2.31. The highest BCUT2D eigenvalue weighted by molar-refractivity contribution is 6.10. The van der Waals surface area contributed by atoms with E-state index in [4.69, 9.17) is 9.84 Å². The van der Waals surface area contributed by atoms with Crippen molar-refractivity contribution in [2.45, 2.75) is 12.8 Å². The van der Waals surface area contributed by atoms with Crippen LogP contribution in [0.2, 0.25) is 0 Å². The normalized spacial score (nSPS) is 14.3. The Morgan fingerprint density at radius 2 is 2.03 bits per heavy atom. The molecule has 172 valence electrons. The lowest BCUT2D eigenvalue weighted by molar-refractivity contribution is -0.123. The quantitative estimate of drug-likeness (QED) is 0.425. The maximum absolute atomic E-state index is 13.2. The molecule has 0 aliphatic carbocycles. The van der Waals surface area contributed by atoms with Crippen LogP contribution in [0.25, 0.3) is 0 Å². The molecular weight excluding hydrogens is 413 g/mol. The highest BCUT2D eigenvalue weighted by Crippen LogP contribution is 2.26. The van der Waals surface area contributed by atoms with Gasteiger partial charge in [-0.25, -0.2) is 9.38 Å². The molecule has 0 atom stereocenters. The number of allylic oxidation sites excluding steroid dienone is 2. The number of likely N-dealkylation sites (N-methyl/N-ethyl adjacent to an activating group) is 1. The summed E-state index contributed by atoms with van der Waals surface area (Å²) in [6.45, 7) is 5.33. The summed E-state index contributed by atoms with van der Waals surface area (Å²) < 4.78 is 18.2. The monoisotopic (exact) mass is 443 g/mol. The van der Waals surface area contributed by atoms with E-state index in [1.165, 1.54) is 41.3 Å². The molecule has 7 nitrogen and oxygen atoms in total. The molecule has 1 aromatic carbocycles. The molecule has 1 aromatic rings. The van der Waals surface area contributed by atoms with E-state index in [0.717, 1.165) is 32.3 Å². The number of aliphatic hydroxyl groups excluding tert-OH is 1. The number of hydrogen-bond acceptors (Lipinski definition) is 5. The zero-order valence-electron chi connectivity index (χ0n) is 18.7. The van der Waals surface area contributed by atoms with Crippen LogP contribution in [0.15, 0.2) is 71.8 Å². The zero-order valence-corrected chi connectivity index (χ0v) is 18.7. The topological polar surface area (TPSA) is 91.2 Å². The molecule has 0 saturated carbocycles. The summed E-state index contributed by atoms with van der Waals surface area (Å²) in [5.74, 6) is -0.499. The summed E-state index contributed by atoms with van der Waals surface area (Å²) in [5, 5.41) is 9.68. The highest BCUT2D eigenvalue weighted by atomic mass is 19.1. The second-order valence-electron chi connectivity index (χ2n) is 6.72. The van der Waals surface area contributed by atoms with E-state index in [0.29, 0.717) is 23.5 Å². The minimum Gasteiger partial charge on any atom is -0.400 e. The van der Waals surface area contributed by atoms with Crippen LogP contribution in [0, 0.1) is 5.82 Å². The van der Waals surface area contributed by atoms with Gasteiger partial charge in [0.25, 0.3) is 5.91 Å². The number of rotatable bonds is 4. The molecule has 0 bridgehead atoms. The van der Waals surface area contributed by atoms with Gasteiger partial charge in [0.2, 0.25) is 5.91 Å². The van der Waals surface area contributed by atoms with E-state index in [1.807, 2.05) is 6.08 Å². The fourth-order valence-corrected chi connectivity index (χ4v) is 2.54. The Kier molecular flexibility index (Phi) is 12.2. The van der Waals surface area contributed by atoms with Gasteiger partial charge in [0.1, 0.15) is 11.7 Å². The van der Waals surface area contributed by atoms with E-state index in [1.54, 1.807) is 20.2 Å². The van der Waals surface area contributed by atoms with E-state index >= 15 is 0 Å². The van der Waals surface area contributed by atoms with Gasteiger partial charge in [-0.3, -0.25) is 9.59 Å². The van der Waals surface area contributed by atoms with E-state index < -0.39 is 0 Å². The van der Waals surface area contributed by atoms with Crippen LogP contribution in [-0.4, -0.2) is 62.1 Å². The van der Waals surface area contributed by atoms with Gasteiger partial charge in [0.15, 0.2) is 0 Å². The van der Waals surface area contributed by atoms with E-state index in [2.05, 4.69) is 23.0 Å². The third-order valence-corrected chi connectivity index (χ3v) is 4.17. The number of halogens is 1. The van der Waals surface area contributed by atoms with Crippen LogP contribution in [0.1, 0.15) is 12.0 Å². The Bertz CT molecular complexity index is 910. The summed E-state index contributed by atoms with van der Waals surface area (Å²) in [4.78, 5) is 29.3. The number of carbonyl (C=O) groups is 2. The fourth-order valence-electron chi connectivity index (χ4n) is 2.54. The molecule has 0 unspecified atom stereocenters. The lowest BCUT2D eigenvalue weighted by Gasteiger charge is -2.05. The summed E-state index contributed by atoms with van der Waals surface area (Å²) in [7, 11) is 4.27. The number of ether oxygens (including phenoxy) is 1. The number of nitrogens with zero attached hydrogens (tertiary/aromatic N) is 2. The van der Waals surface area contributed by atoms with Gasteiger partial charge < -0.3 is 20.1 Å². The number of amidine groups is 1. The van der Waals surface area contributed by atoms with Crippen molar-refractivity contribution in [3.05, 3.63) is 78.2 Å². The van der Waals surface area contributed by atoms with Crippen LogP contribution < -0.4 is 5.32 Å². The van der Waals surface area contributed by atoms with Crippen LogP contribution in [-0.2, 0) is 20.7 Å². The van der Waals surface area contributed by atoms with Crippen molar-refractivity contribution in [2.75, 3.05) is 34.4 Å². The molecule has 2 amide bonds. The first-order valence-corrected chi connectivity index (χ1v) is 9.97. The van der Waals surface area contributed by atoms with Crippen molar-refractivity contribution in [1.29, 1.82) is 0 Å². The molecule has 2 aliphatic heterocycles. The number of amides is 2. The fraction of sp³-hybridized carbons (Fsp3) is 0.292. The standard InChI is InChI=1S/C18H18FN3O2.C5H8O.CH4O/c1-4-12(6-5-7-17(23)22(2)3)18(24)21-16-10-13-8-9-14(19)11-15(13)20-16;1-2-4-6-5-3-1;1-2/h4-9,11H,1,10H2,2-3H3,(H,20,21,24);1-2H,3-5H2;2H,1H3/b7-5+,12-6+;;. The van der Waals surface area contributed by atoms with Gasteiger partial charge in [-0.2, -0.15) is 0 Å². The molecule has 2 aliphatic rings. The first-order chi connectivity index (χ1) is 15.4.